The summed E-state index contributed by atoms with van der Waals surface area (Å²) < 4.78 is 40.0. The molecule has 3 rings (SSSR count). The number of nitrogens with zero attached hydrogens (tertiary/aromatic N) is 1. The fourth-order valence-corrected chi connectivity index (χ4v) is 2.91. The van der Waals surface area contributed by atoms with E-state index in [2.05, 4.69) is 0 Å². The van der Waals surface area contributed by atoms with Crippen molar-refractivity contribution < 1.29 is 22.8 Å². The molecule has 0 bridgehead atoms. The molecular formula is C19H12F3NO2. The quantitative estimate of drug-likeness (QED) is 0.613. The van der Waals surface area contributed by atoms with Crippen molar-refractivity contribution in [2.24, 2.45) is 11.8 Å². The largest absolute Gasteiger partial charge is 0.297 e. The second kappa shape index (κ2) is 6.52. The molecule has 1 aliphatic carbocycles. The summed E-state index contributed by atoms with van der Waals surface area (Å²) in [5, 5.41) is 9.21. The van der Waals surface area contributed by atoms with Gasteiger partial charge < -0.3 is 0 Å². The third kappa shape index (κ3) is 3.18. The monoisotopic (exact) mass is 343 g/mol. The van der Waals surface area contributed by atoms with Crippen LogP contribution in [-0.4, -0.2) is 11.6 Å². The van der Waals surface area contributed by atoms with Gasteiger partial charge in [0, 0.05) is 11.5 Å². The van der Waals surface area contributed by atoms with E-state index in [1.165, 1.54) is 12.1 Å². The van der Waals surface area contributed by atoms with Crippen molar-refractivity contribution in [1.29, 1.82) is 5.26 Å². The van der Waals surface area contributed by atoms with Gasteiger partial charge in [0.25, 0.3) is 0 Å². The fourth-order valence-electron chi connectivity index (χ4n) is 2.91. The SMILES string of the molecule is N#C[C@H](C(=O)c1ccc(F)c(F)c1)C(=O)[C@H]1C[C@H]1c1ccccc1F. The number of benzene rings is 2. The van der Waals surface area contributed by atoms with Gasteiger partial charge in [-0.3, -0.25) is 9.59 Å². The van der Waals surface area contributed by atoms with Crippen LogP contribution in [0.5, 0.6) is 0 Å². The Hall–Kier alpha value is -2.94. The summed E-state index contributed by atoms with van der Waals surface area (Å²) in [6, 6.07) is 10.1. The molecule has 126 valence electrons. The zero-order valence-electron chi connectivity index (χ0n) is 12.9. The van der Waals surface area contributed by atoms with E-state index in [0.717, 1.165) is 12.1 Å². The zero-order chi connectivity index (χ0) is 18.1. The van der Waals surface area contributed by atoms with E-state index in [4.69, 9.17) is 0 Å². The maximum Gasteiger partial charge on any atom is 0.187 e. The van der Waals surface area contributed by atoms with Gasteiger partial charge in [0.15, 0.2) is 29.1 Å². The molecule has 0 saturated heterocycles. The van der Waals surface area contributed by atoms with E-state index in [-0.39, 0.29) is 11.5 Å². The van der Waals surface area contributed by atoms with E-state index in [0.29, 0.717) is 18.1 Å². The first-order valence-corrected chi connectivity index (χ1v) is 7.61. The molecule has 2 aromatic carbocycles. The summed E-state index contributed by atoms with van der Waals surface area (Å²) in [5.41, 5.74) is 0.125. The first-order chi connectivity index (χ1) is 11.9. The number of hydrogen-bond donors (Lipinski definition) is 0. The molecule has 0 radical (unpaired) electrons. The maximum absolute atomic E-state index is 13.8. The summed E-state index contributed by atoms with van der Waals surface area (Å²) in [6.07, 6.45) is 0.350. The lowest BCUT2D eigenvalue weighted by atomic mass is 9.91. The van der Waals surface area contributed by atoms with Gasteiger partial charge in [0.1, 0.15) is 5.82 Å². The molecule has 0 aliphatic heterocycles. The molecule has 0 unspecified atom stereocenters. The number of hydrogen-bond acceptors (Lipinski definition) is 3. The van der Waals surface area contributed by atoms with E-state index in [1.807, 2.05) is 0 Å². The second-order valence-corrected chi connectivity index (χ2v) is 5.93. The molecule has 0 heterocycles. The molecular weight excluding hydrogens is 331 g/mol. The lowest BCUT2D eigenvalue weighted by Gasteiger charge is -2.08. The first-order valence-electron chi connectivity index (χ1n) is 7.61. The lowest BCUT2D eigenvalue weighted by Crippen LogP contribution is -2.25. The smallest absolute Gasteiger partial charge is 0.187 e. The normalized spacial score (nSPS) is 19.8. The number of nitriles is 1. The highest BCUT2D eigenvalue weighted by molar-refractivity contribution is 6.14. The van der Waals surface area contributed by atoms with Gasteiger partial charge >= 0.3 is 0 Å². The highest BCUT2D eigenvalue weighted by Gasteiger charge is 2.48. The highest BCUT2D eigenvalue weighted by Crippen LogP contribution is 2.50. The maximum atomic E-state index is 13.8. The van der Waals surface area contributed by atoms with Gasteiger partial charge in [-0.05, 0) is 42.2 Å². The van der Waals surface area contributed by atoms with E-state index in [1.54, 1.807) is 18.2 Å². The zero-order valence-corrected chi connectivity index (χ0v) is 12.9. The molecule has 0 spiro atoms. The van der Waals surface area contributed by atoms with E-state index >= 15 is 0 Å². The van der Waals surface area contributed by atoms with Crippen LogP contribution in [0.2, 0.25) is 0 Å². The number of carbonyl (C=O) groups excluding carboxylic acids is 2. The molecule has 6 heteroatoms. The van der Waals surface area contributed by atoms with Gasteiger partial charge in [-0.15, -0.1) is 0 Å². The topological polar surface area (TPSA) is 57.9 Å². The van der Waals surface area contributed by atoms with Crippen LogP contribution in [0.15, 0.2) is 42.5 Å². The predicted octanol–water partition coefficient (Wildman–Crippen LogP) is 3.80. The van der Waals surface area contributed by atoms with Crippen LogP contribution in [0.4, 0.5) is 13.2 Å². The van der Waals surface area contributed by atoms with Crippen molar-refractivity contribution in [2.75, 3.05) is 0 Å². The Kier molecular flexibility index (Phi) is 4.41. The Labute approximate surface area is 141 Å². The van der Waals surface area contributed by atoms with Gasteiger partial charge in [0.2, 0.25) is 0 Å². The van der Waals surface area contributed by atoms with Gasteiger partial charge in [-0.25, -0.2) is 13.2 Å². The van der Waals surface area contributed by atoms with Crippen molar-refractivity contribution >= 4 is 11.6 Å². The van der Waals surface area contributed by atoms with Crippen molar-refractivity contribution in [3.05, 3.63) is 71.0 Å². The Morgan fingerprint density at radius 1 is 1.04 bits per heavy atom. The Balaban J connectivity index is 1.79. The van der Waals surface area contributed by atoms with Crippen molar-refractivity contribution in [3.8, 4) is 6.07 Å². The molecule has 0 amide bonds. The average Bonchev–Trinajstić information content (AvgIpc) is 3.38. The standard InChI is InChI=1S/C19H12F3NO2/c20-15-4-2-1-3-11(15)12-8-13(12)19(25)14(9-23)18(24)10-5-6-16(21)17(22)7-10/h1-7,12-14H,8H2/t12-,13-,14+/m0/s1. The van der Waals surface area contributed by atoms with Crippen molar-refractivity contribution in [2.45, 2.75) is 12.3 Å². The third-order valence-corrected chi connectivity index (χ3v) is 4.34. The van der Waals surface area contributed by atoms with Crippen molar-refractivity contribution in [1.82, 2.24) is 0 Å². The number of Topliss-reactive ketones (excluding diaryl/α,β-unsaturated/α-hetero) is 2. The Bertz CT molecular complexity index is 904. The molecule has 3 atom stereocenters. The average molecular weight is 343 g/mol. The number of rotatable bonds is 5. The number of ketones is 2. The Morgan fingerprint density at radius 2 is 1.76 bits per heavy atom. The lowest BCUT2D eigenvalue weighted by molar-refractivity contribution is -0.121. The second-order valence-electron chi connectivity index (χ2n) is 5.93. The summed E-state index contributed by atoms with van der Waals surface area (Å²) in [5.74, 6) is -6.92. The minimum atomic E-state index is -1.62. The molecule has 2 aromatic rings. The molecule has 1 aliphatic rings. The molecule has 3 nitrogen and oxygen atoms in total. The molecule has 1 saturated carbocycles. The van der Waals surface area contributed by atoms with Crippen LogP contribution in [0.25, 0.3) is 0 Å². The van der Waals surface area contributed by atoms with Gasteiger partial charge in [-0.2, -0.15) is 5.26 Å². The minimum Gasteiger partial charge on any atom is -0.297 e. The fraction of sp³-hybridized carbons (Fsp3) is 0.211. The van der Waals surface area contributed by atoms with Crippen LogP contribution in [0.1, 0.15) is 28.3 Å². The molecule has 25 heavy (non-hydrogen) atoms. The number of carbonyl (C=O) groups is 2. The summed E-state index contributed by atoms with van der Waals surface area (Å²) in [7, 11) is 0. The van der Waals surface area contributed by atoms with E-state index < -0.39 is 40.9 Å². The number of halogens is 3. The predicted molar refractivity (Wildman–Crippen MR) is 82.0 cm³/mol. The van der Waals surface area contributed by atoms with E-state index in [9.17, 15) is 28.0 Å². The van der Waals surface area contributed by atoms with Crippen LogP contribution in [-0.2, 0) is 4.79 Å². The molecule has 0 N–H and O–H groups in total. The summed E-state index contributed by atoms with van der Waals surface area (Å²) in [6.45, 7) is 0. The Morgan fingerprint density at radius 3 is 2.40 bits per heavy atom. The van der Waals surface area contributed by atoms with Crippen LogP contribution >= 0.6 is 0 Å². The highest BCUT2D eigenvalue weighted by atomic mass is 19.2. The molecule has 1 fully saturated rings. The molecule has 0 aromatic heterocycles. The minimum absolute atomic E-state index is 0.248. The third-order valence-electron chi connectivity index (χ3n) is 4.34. The van der Waals surface area contributed by atoms with Crippen LogP contribution in [0, 0.1) is 40.6 Å². The van der Waals surface area contributed by atoms with Gasteiger partial charge in [0.05, 0.1) is 6.07 Å². The van der Waals surface area contributed by atoms with Crippen LogP contribution in [0.3, 0.4) is 0 Å². The van der Waals surface area contributed by atoms with Crippen LogP contribution < -0.4 is 0 Å². The summed E-state index contributed by atoms with van der Waals surface area (Å²) >= 11 is 0. The first kappa shape index (κ1) is 16.9. The van der Waals surface area contributed by atoms with Gasteiger partial charge in [-0.1, -0.05) is 18.2 Å². The summed E-state index contributed by atoms with van der Waals surface area (Å²) in [4.78, 5) is 24.8. The van der Waals surface area contributed by atoms with Crippen molar-refractivity contribution in [3.63, 3.8) is 0 Å².